The first-order valence-electron chi connectivity index (χ1n) is 4.38. The minimum Gasteiger partial charge on any atom is -0.494 e. The highest BCUT2D eigenvalue weighted by molar-refractivity contribution is 5.32. The van der Waals surface area contributed by atoms with Crippen molar-refractivity contribution >= 4 is 0 Å². The van der Waals surface area contributed by atoms with Gasteiger partial charge in [-0.25, -0.2) is 8.78 Å². The van der Waals surface area contributed by atoms with Crippen molar-refractivity contribution < 1.29 is 13.5 Å². The highest BCUT2D eigenvalue weighted by Crippen LogP contribution is 2.25. The SMILES string of the molecule is CC[C@@H](N)c1cc(F)c(OC)cc1F. The lowest BCUT2D eigenvalue weighted by atomic mass is 10.0. The van der Waals surface area contributed by atoms with Gasteiger partial charge in [0.1, 0.15) is 5.82 Å². The van der Waals surface area contributed by atoms with Crippen molar-refractivity contribution in [3.63, 3.8) is 0 Å². The molecule has 1 aromatic carbocycles. The van der Waals surface area contributed by atoms with E-state index in [1.54, 1.807) is 0 Å². The Morgan fingerprint density at radius 3 is 2.50 bits per heavy atom. The zero-order chi connectivity index (χ0) is 10.7. The Kier molecular flexibility index (Phi) is 3.41. The zero-order valence-corrected chi connectivity index (χ0v) is 8.18. The van der Waals surface area contributed by atoms with Crippen molar-refractivity contribution in [2.75, 3.05) is 7.11 Å². The van der Waals surface area contributed by atoms with Gasteiger partial charge in [0.2, 0.25) is 0 Å². The first kappa shape index (κ1) is 10.9. The molecule has 0 amide bonds. The molecule has 1 aromatic rings. The lowest BCUT2D eigenvalue weighted by Gasteiger charge is -2.12. The fourth-order valence-electron chi connectivity index (χ4n) is 1.20. The van der Waals surface area contributed by atoms with Crippen LogP contribution in [0.1, 0.15) is 24.9 Å². The molecule has 0 saturated carbocycles. The molecule has 14 heavy (non-hydrogen) atoms. The van der Waals surface area contributed by atoms with Crippen LogP contribution >= 0.6 is 0 Å². The number of hydrogen-bond donors (Lipinski definition) is 1. The third-order valence-electron chi connectivity index (χ3n) is 2.11. The van der Waals surface area contributed by atoms with Crippen molar-refractivity contribution in [3.05, 3.63) is 29.3 Å². The smallest absolute Gasteiger partial charge is 0.165 e. The third-order valence-corrected chi connectivity index (χ3v) is 2.11. The third kappa shape index (κ3) is 2.01. The lowest BCUT2D eigenvalue weighted by molar-refractivity contribution is 0.381. The van der Waals surface area contributed by atoms with Crippen LogP contribution in [0.25, 0.3) is 0 Å². The molecule has 0 aliphatic heterocycles. The highest BCUT2D eigenvalue weighted by Gasteiger charge is 2.14. The maximum absolute atomic E-state index is 13.3. The summed E-state index contributed by atoms with van der Waals surface area (Å²) in [6, 6.07) is 1.62. The molecule has 4 heteroatoms. The summed E-state index contributed by atoms with van der Waals surface area (Å²) in [4.78, 5) is 0. The molecule has 0 unspecified atom stereocenters. The van der Waals surface area contributed by atoms with Gasteiger partial charge < -0.3 is 10.5 Å². The average Bonchev–Trinajstić information content (AvgIpc) is 2.19. The van der Waals surface area contributed by atoms with Gasteiger partial charge in [-0.2, -0.15) is 0 Å². The van der Waals surface area contributed by atoms with Gasteiger partial charge in [0, 0.05) is 17.7 Å². The largest absolute Gasteiger partial charge is 0.494 e. The van der Waals surface area contributed by atoms with Gasteiger partial charge >= 0.3 is 0 Å². The zero-order valence-electron chi connectivity index (χ0n) is 8.18. The first-order valence-corrected chi connectivity index (χ1v) is 4.38. The van der Waals surface area contributed by atoms with Crippen molar-refractivity contribution in [2.24, 2.45) is 5.73 Å². The highest BCUT2D eigenvalue weighted by atomic mass is 19.1. The second-order valence-electron chi connectivity index (χ2n) is 3.02. The van der Waals surface area contributed by atoms with Gasteiger partial charge in [0.25, 0.3) is 0 Å². The van der Waals surface area contributed by atoms with Crippen molar-refractivity contribution in [2.45, 2.75) is 19.4 Å². The fourth-order valence-corrected chi connectivity index (χ4v) is 1.20. The van der Waals surface area contributed by atoms with Gasteiger partial charge in [-0.1, -0.05) is 6.92 Å². The van der Waals surface area contributed by atoms with E-state index >= 15 is 0 Å². The molecule has 0 radical (unpaired) electrons. The number of ether oxygens (including phenoxy) is 1. The molecule has 0 fully saturated rings. The van der Waals surface area contributed by atoms with E-state index in [9.17, 15) is 8.78 Å². The summed E-state index contributed by atoms with van der Waals surface area (Å²) in [7, 11) is 1.29. The van der Waals surface area contributed by atoms with Crippen LogP contribution in [0.2, 0.25) is 0 Å². The van der Waals surface area contributed by atoms with Crippen LogP contribution in [-0.4, -0.2) is 7.11 Å². The van der Waals surface area contributed by atoms with Crippen LogP contribution in [0.5, 0.6) is 5.75 Å². The van der Waals surface area contributed by atoms with Crippen LogP contribution < -0.4 is 10.5 Å². The lowest BCUT2D eigenvalue weighted by Crippen LogP contribution is -2.11. The summed E-state index contributed by atoms with van der Waals surface area (Å²) in [5.41, 5.74) is 5.79. The standard InChI is InChI=1S/C10H13F2NO/c1-3-9(13)6-4-8(12)10(14-2)5-7(6)11/h4-5,9H,3,13H2,1-2H3/t9-/m1/s1. The van der Waals surface area contributed by atoms with Gasteiger partial charge in [0.15, 0.2) is 11.6 Å². The summed E-state index contributed by atoms with van der Waals surface area (Å²) in [5.74, 6) is -1.22. The molecule has 0 saturated heterocycles. The molecule has 78 valence electrons. The quantitative estimate of drug-likeness (QED) is 0.814. The number of halogens is 2. The molecule has 2 nitrogen and oxygen atoms in total. The maximum Gasteiger partial charge on any atom is 0.165 e. The Morgan fingerprint density at radius 2 is 2.00 bits per heavy atom. The molecule has 1 atom stereocenters. The van der Waals surface area contributed by atoms with Crippen molar-refractivity contribution in [3.8, 4) is 5.75 Å². The molecule has 0 aliphatic carbocycles. The molecule has 0 heterocycles. The molecule has 0 bridgehead atoms. The van der Waals surface area contributed by atoms with E-state index in [0.717, 1.165) is 12.1 Å². The minimum absolute atomic E-state index is 0.102. The fraction of sp³-hybridized carbons (Fsp3) is 0.400. The summed E-state index contributed by atoms with van der Waals surface area (Å²) >= 11 is 0. The van der Waals surface area contributed by atoms with Gasteiger partial charge in [-0.05, 0) is 12.5 Å². The number of rotatable bonds is 3. The van der Waals surface area contributed by atoms with E-state index in [-0.39, 0.29) is 11.3 Å². The van der Waals surface area contributed by atoms with E-state index < -0.39 is 17.7 Å². The topological polar surface area (TPSA) is 35.2 Å². The van der Waals surface area contributed by atoms with Crippen LogP contribution in [0.15, 0.2) is 12.1 Å². The van der Waals surface area contributed by atoms with Crippen LogP contribution in [-0.2, 0) is 0 Å². The van der Waals surface area contributed by atoms with Crippen molar-refractivity contribution in [1.82, 2.24) is 0 Å². The number of hydrogen-bond acceptors (Lipinski definition) is 2. The van der Waals surface area contributed by atoms with E-state index in [1.807, 2.05) is 6.92 Å². The molecular weight excluding hydrogens is 188 g/mol. The minimum atomic E-state index is -0.590. The number of methoxy groups -OCH3 is 1. The Balaban J connectivity index is 3.14. The Hall–Kier alpha value is -1.16. The van der Waals surface area contributed by atoms with Gasteiger partial charge in [-0.3, -0.25) is 0 Å². The van der Waals surface area contributed by atoms with Crippen LogP contribution in [0.4, 0.5) is 8.78 Å². The van der Waals surface area contributed by atoms with Crippen LogP contribution in [0.3, 0.4) is 0 Å². The first-order chi connectivity index (χ1) is 6.60. The predicted octanol–water partition coefficient (Wildman–Crippen LogP) is 2.38. The summed E-state index contributed by atoms with van der Waals surface area (Å²) < 4.78 is 31.1. The Labute approximate surface area is 81.7 Å². The normalized spacial score (nSPS) is 12.6. The predicted molar refractivity (Wildman–Crippen MR) is 50.1 cm³/mol. The summed E-state index contributed by atoms with van der Waals surface area (Å²) in [5, 5.41) is 0. The van der Waals surface area contributed by atoms with E-state index in [1.165, 1.54) is 7.11 Å². The molecule has 0 aromatic heterocycles. The summed E-state index contributed by atoms with van der Waals surface area (Å²) in [6.07, 6.45) is 0.558. The molecule has 0 aliphatic rings. The monoisotopic (exact) mass is 201 g/mol. The van der Waals surface area contributed by atoms with E-state index in [2.05, 4.69) is 4.74 Å². The Bertz CT molecular complexity index is 328. The molecule has 2 N–H and O–H groups in total. The second-order valence-corrected chi connectivity index (χ2v) is 3.02. The Morgan fingerprint density at radius 1 is 1.36 bits per heavy atom. The van der Waals surface area contributed by atoms with Crippen LogP contribution in [0, 0.1) is 11.6 Å². The molecular formula is C10H13F2NO. The number of nitrogens with two attached hydrogens (primary N) is 1. The molecule has 1 rings (SSSR count). The van der Waals surface area contributed by atoms with Crippen molar-refractivity contribution in [1.29, 1.82) is 0 Å². The average molecular weight is 201 g/mol. The van der Waals surface area contributed by atoms with E-state index in [4.69, 9.17) is 5.73 Å². The van der Waals surface area contributed by atoms with Gasteiger partial charge in [-0.15, -0.1) is 0 Å². The molecule has 0 spiro atoms. The number of benzene rings is 1. The van der Waals surface area contributed by atoms with E-state index in [0.29, 0.717) is 6.42 Å². The second kappa shape index (κ2) is 4.37. The summed E-state index contributed by atoms with van der Waals surface area (Å²) in [6.45, 7) is 1.81. The van der Waals surface area contributed by atoms with Gasteiger partial charge in [0.05, 0.1) is 7.11 Å². The maximum atomic E-state index is 13.3.